The Morgan fingerprint density at radius 2 is 2.15 bits per heavy atom. The predicted octanol–water partition coefficient (Wildman–Crippen LogP) is 2.01. The topological polar surface area (TPSA) is 102 Å². The lowest BCUT2D eigenvalue weighted by Gasteiger charge is -2.32. The Bertz CT molecular complexity index is 895. The summed E-state index contributed by atoms with van der Waals surface area (Å²) in [7, 11) is 1.24. The summed E-state index contributed by atoms with van der Waals surface area (Å²) in [6.45, 7) is 0.561. The summed E-state index contributed by atoms with van der Waals surface area (Å²) in [6.07, 6.45) is -0.864. The van der Waals surface area contributed by atoms with Crippen molar-refractivity contribution in [1.82, 2.24) is 10.2 Å². The maximum atomic E-state index is 14.1. The van der Waals surface area contributed by atoms with Crippen LogP contribution in [0.15, 0.2) is 24.3 Å². The van der Waals surface area contributed by atoms with Gasteiger partial charge in [-0.1, -0.05) is 11.6 Å². The number of nitrogens with zero attached hydrogens (tertiary/aromatic N) is 3. The van der Waals surface area contributed by atoms with E-state index in [0.29, 0.717) is 6.54 Å². The highest BCUT2D eigenvalue weighted by Crippen LogP contribution is 2.28. The van der Waals surface area contributed by atoms with E-state index in [1.54, 1.807) is 4.90 Å². The second-order valence-corrected chi connectivity index (χ2v) is 6.16. The van der Waals surface area contributed by atoms with Crippen LogP contribution in [0.1, 0.15) is 10.4 Å². The Morgan fingerprint density at radius 3 is 2.85 bits per heavy atom. The lowest BCUT2D eigenvalue weighted by molar-refractivity contribution is -0.154. The average molecular weight is 396 g/mol. The number of carbonyl (C=O) groups excluding carboxylic acids is 1. The maximum Gasteiger partial charge on any atom is 0.339 e. The van der Waals surface area contributed by atoms with Crippen LogP contribution in [0.4, 0.5) is 10.2 Å². The van der Waals surface area contributed by atoms with Gasteiger partial charge in [0.2, 0.25) is 0 Å². The number of anilines is 1. The summed E-state index contributed by atoms with van der Waals surface area (Å²) in [4.78, 5) is 25.0. The molecule has 1 aromatic heterocycles. The van der Waals surface area contributed by atoms with Crippen molar-refractivity contribution in [3.8, 4) is 11.3 Å². The molecular weight excluding hydrogens is 381 g/mol. The van der Waals surface area contributed by atoms with E-state index in [4.69, 9.17) is 16.3 Å². The first-order valence-corrected chi connectivity index (χ1v) is 8.29. The van der Waals surface area contributed by atoms with Crippen LogP contribution in [0.2, 0.25) is 5.02 Å². The number of halogens is 2. The molecule has 1 saturated heterocycles. The van der Waals surface area contributed by atoms with Crippen LogP contribution >= 0.6 is 11.6 Å². The number of carboxylic acids is 1. The van der Waals surface area contributed by atoms with E-state index in [2.05, 4.69) is 14.9 Å². The molecular formula is C17H15ClFN3O5. The second kappa shape index (κ2) is 7.85. The lowest BCUT2D eigenvalue weighted by atomic mass is 10.1. The van der Waals surface area contributed by atoms with Crippen LogP contribution in [-0.2, 0) is 14.3 Å². The number of benzene rings is 1. The molecule has 0 amide bonds. The number of ether oxygens (including phenoxy) is 2. The van der Waals surface area contributed by atoms with Gasteiger partial charge in [-0.25, -0.2) is 14.0 Å². The highest BCUT2D eigenvalue weighted by molar-refractivity contribution is 6.30. The summed E-state index contributed by atoms with van der Waals surface area (Å²) in [6, 6.07) is 5.11. The van der Waals surface area contributed by atoms with Gasteiger partial charge in [0.05, 0.1) is 26.0 Å². The largest absolute Gasteiger partial charge is 0.478 e. The van der Waals surface area contributed by atoms with Crippen LogP contribution in [0.3, 0.4) is 0 Å². The fourth-order valence-corrected chi connectivity index (χ4v) is 2.89. The third kappa shape index (κ3) is 3.99. The fraction of sp³-hybridized carbons (Fsp3) is 0.294. The molecule has 0 spiro atoms. The van der Waals surface area contributed by atoms with Crippen LogP contribution in [0, 0.1) is 5.82 Å². The molecule has 10 heteroatoms. The molecule has 1 aliphatic heterocycles. The van der Waals surface area contributed by atoms with Crippen molar-refractivity contribution >= 4 is 29.4 Å². The minimum Gasteiger partial charge on any atom is -0.478 e. The Labute approximate surface area is 158 Å². The predicted molar refractivity (Wildman–Crippen MR) is 93.4 cm³/mol. The van der Waals surface area contributed by atoms with Crippen molar-refractivity contribution in [1.29, 1.82) is 0 Å². The normalized spacial score (nSPS) is 16.9. The van der Waals surface area contributed by atoms with Gasteiger partial charge in [-0.05, 0) is 24.3 Å². The molecule has 0 unspecified atom stereocenters. The molecule has 8 nitrogen and oxygen atoms in total. The standard InChI is InChI=1S/C17H15ClFN3O5/c1-26-17(25)14-8-22(4-5-27-14)15-11(16(23)24)7-13(20-21-15)10-6-9(18)2-3-12(10)19/h2-3,6-7,14H,4-5,8H2,1H3,(H,23,24)/t14-/m0/s1. The number of morpholine rings is 1. The summed E-state index contributed by atoms with van der Waals surface area (Å²) in [5.41, 5.74) is -0.0997. The van der Waals surface area contributed by atoms with Gasteiger partial charge < -0.3 is 19.5 Å². The van der Waals surface area contributed by atoms with Crippen molar-refractivity contribution in [3.63, 3.8) is 0 Å². The number of hydrogen-bond acceptors (Lipinski definition) is 7. The molecule has 1 fully saturated rings. The Balaban J connectivity index is 1.98. The first kappa shape index (κ1) is 19.0. The second-order valence-electron chi connectivity index (χ2n) is 5.72. The van der Waals surface area contributed by atoms with E-state index in [0.717, 1.165) is 6.07 Å². The fourth-order valence-electron chi connectivity index (χ4n) is 2.72. The number of rotatable bonds is 4. The first-order chi connectivity index (χ1) is 12.9. The smallest absolute Gasteiger partial charge is 0.339 e. The summed E-state index contributed by atoms with van der Waals surface area (Å²) in [5, 5.41) is 17.8. The molecule has 1 aromatic carbocycles. The lowest BCUT2D eigenvalue weighted by Crippen LogP contribution is -2.47. The van der Waals surface area contributed by atoms with Gasteiger partial charge in [0, 0.05) is 17.1 Å². The maximum absolute atomic E-state index is 14.1. The molecule has 2 heterocycles. The number of carboxylic acid groups (broad SMARTS) is 1. The zero-order valence-electron chi connectivity index (χ0n) is 14.2. The van der Waals surface area contributed by atoms with E-state index in [1.807, 2.05) is 0 Å². The quantitative estimate of drug-likeness (QED) is 0.784. The van der Waals surface area contributed by atoms with Crippen molar-refractivity contribution in [2.45, 2.75) is 6.10 Å². The van der Waals surface area contributed by atoms with Crippen molar-refractivity contribution in [2.75, 3.05) is 31.7 Å². The van der Waals surface area contributed by atoms with Crippen LogP contribution < -0.4 is 4.90 Å². The molecule has 1 N–H and O–H groups in total. The molecule has 0 saturated carbocycles. The van der Waals surface area contributed by atoms with E-state index < -0.39 is 23.9 Å². The summed E-state index contributed by atoms with van der Waals surface area (Å²) < 4.78 is 24.1. The third-order valence-corrected chi connectivity index (χ3v) is 4.27. The van der Waals surface area contributed by atoms with E-state index >= 15 is 0 Å². The molecule has 142 valence electrons. The minimum atomic E-state index is -1.26. The zero-order chi connectivity index (χ0) is 19.6. The van der Waals surface area contributed by atoms with Gasteiger partial charge in [0.15, 0.2) is 11.9 Å². The molecule has 27 heavy (non-hydrogen) atoms. The summed E-state index contributed by atoms with van der Waals surface area (Å²) in [5.74, 6) is -2.37. The number of methoxy groups -OCH3 is 1. The van der Waals surface area contributed by atoms with Gasteiger partial charge in [0.1, 0.15) is 11.4 Å². The number of hydrogen-bond donors (Lipinski definition) is 1. The van der Waals surface area contributed by atoms with E-state index in [9.17, 15) is 19.1 Å². The SMILES string of the molecule is COC(=O)[C@@H]1CN(c2nnc(-c3cc(Cl)ccc3F)cc2C(=O)O)CCO1. The van der Waals surface area contributed by atoms with Gasteiger partial charge in [-0.15, -0.1) is 10.2 Å². The minimum absolute atomic E-state index is 0.0360. The Morgan fingerprint density at radius 1 is 1.37 bits per heavy atom. The van der Waals surface area contributed by atoms with Gasteiger partial charge in [0.25, 0.3) is 0 Å². The molecule has 1 aliphatic rings. The van der Waals surface area contributed by atoms with Crippen LogP contribution in [-0.4, -0.2) is 60.2 Å². The van der Waals surface area contributed by atoms with E-state index in [-0.39, 0.29) is 40.8 Å². The number of aromatic carboxylic acids is 1. The average Bonchev–Trinajstić information content (AvgIpc) is 2.68. The van der Waals surface area contributed by atoms with Crippen LogP contribution in [0.5, 0.6) is 0 Å². The molecule has 1 atom stereocenters. The van der Waals surface area contributed by atoms with Gasteiger partial charge in [-0.3, -0.25) is 0 Å². The van der Waals surface area contributed by atoms with Crippen molar-refractivity contribution < 1.29 is 28.6 Å². The molecule has 3 rings (SSSR count). The number of carbonyl (C=O) groups is 2. The number of esters is 1. The Kier molecular flexibility index (Phi) is 5.52. The molecule has 0 aliphatic carbocycles. The first-order valence-electron chi connectivity index (χ1n) is 7.91. The molecule has 0 radical (unpaired) electrons. The zero-order valence-corrected chi connectivity index (χ0v) is 14.9. The van der Waals surface area contributed by atoms with Crippen molar-refractivity contribution in [2.24, 2.45) is 0 Å². The highest BCUT2D eigenvalue weighted by Gasteiger charge is 2.31. The van der Waals surface area contributed by atoms with Crippen LogP contribution in [0.25, 0.3) is 11.3 Å². The number of aromatic nitrogens is 2. The third-order valence-electron chi connectivity index (χ3n) is 4.04. The highest BCUT2D eigenvalue weighted by atomic mass is 35.5. The molecule has 0 bridgehead atoms. The molecule has 2 aromatic rings. The monoisotopic (exact) mass is 395 g/mol. The van der Waals surface area contributed by atoms with Gasteiger partial charge in [-0.2, -0.15) is 0 Å². The summed E-state index contributed by atoms with van der Waals surface area (Å²) >= 11 is 5.88. The van der Waals surface area contributed by atoms with Gasteiger partial charge >= 0.3 is 11.9 Å². The van der Waals surface area contributed by atoms with Crippen molar-refractivity contribution in [3.05, 3.63) is 40.7 Å². The Hall–Kier alpha value is -2.78. The van der Waals surface area contributed by atoms with E-state index in [1.165, 1.54) is 25.3 Å².